The maximum atomic E-state index is 10.5. The first kappa shape index (κ1) is 8.56. The fraction of sp³-hybridized carbons (Fsp3) is 0. The molecule has 3 heteroatoms. The van der Waals surface area contributed by atoms with Crippen molar-refractivity contribution in [1.29, 1.82) is 0 Å². The molecule has 0 amide bonds. The fourth-order valence-electron chi connectivity index (χ4n) is 1.29. The molecule has 0 saturated heterocycles. The zero-order valence-corrected chi connectivity index (χ0v) is 7.42. The largest absolute Gasteiger partial charge is 0.256 e. The summed E-state index contributed by atoms with van der Waals surface area (Å²) in [5, 5.41) is 2.96. The lowest BCUT2D eigenvalue weighted by atomic mass is 10.1. The van der Waals surface area contributed by atoms with Crippen molar-refractivity contribution >= 4 is 5.69 Å². The van der Waals surface area contributed by atoms with E-state index in [4.69, 9.17) is 0 Å². The van der Waals surface area contributed by atoms with Crippen LogP contribution in [0.4, 0.5) is 5.69 Å². The third-order valence-corrected chi connectivity index (χ3v) is 1.94. The van der Waals surface area contributed by atoms with Crippen molar-refractivity contribution in [1.82, 2.24) is 4.98 Å². The zero-order valence-electron chi connectivity index (χ0n) is 7.42. The van der Waals surface area contributed by atoms with Crippen molar-refractivity contribution in [3.05, 3.63) is 53.6 Å². The summed E-state index contributed by atoms with van der Waals surface area (Å²) in [4.78, 5) is 14.7. The summed E-state index contributed by atoms with van der Waals surface area (Å²) >= 11 is 0. The molecule has 0 unspecified atom stereocenters. The molecule has 0 radical (unpaired) electrons. The van der Waals surface area contributed by atoms with Gasteiger partial charge in [0.25, 0.3) is 0 Å². The second-order valence-corrected chi connectivity index (χ2v) is 2.82. The summed E-state index contributed by atoms with van der Waals surface area (Å²) in [5.74, 6) is 0. The van der Waals surface area contributed by atoms with Gasteiger partial charge in [-0.15, -0.1) is 4.91 Å². The van der Waals surface area contributed by atoms with Gasteiger partial charge in [0.2, 0.25) is 0 Å². The molecule has 1 aromatic heterocycles. The van der Waals surface area contributed by atoms with Crippen LogP contribution in [0.3, 0.4) is 0 Å². The first-order valence-corrected chi connectivity index (χ1v) is 4.25. The maximum Gasteiger partial charge on any atom is 0.117 e. The smallest absolute Gasteiger partial charge is 0.117 e. The minimum atomic E-state index is 0.422. The van der Waals surface area contributed by atoms with Crippen molar-refractivity contribution in [2.45, 2.75) is 0 Å². The van der Waals surface area contributed by atoms with Crippen molar-refractivity contribution in [2.24, 2.45) is 5.18 Å². The van der Waals surface area contributed by atoms with E-state index >= 15 is 0 Å². The van der Waals surface area contributed by atoms with Gasteiger partial charge in [-0.1, -0.05) is 24.3 Å². The average molecular weight is 184 g/mol. The predicted octanol–water partition coefficient (Wildman–Crippen LogP) is 3.15. The summed E-state index contributed by atoms with van der Waals surface area (Å²) < 4.78 is 0. The molecule has 1 aromatic carbocycles. The van der Waals surface area contributed by atoms with Crippen LogP contribution in [0.15, 0.2) is 53.8 Å². The molecule has 0 spiro atoms. The predicted molar refractivity (Wildman–Crippen MR) is 55.1 cm³/mol. The van der Waals surface area contributed by atoms with Gasteiger partial charge in [0.1, 0.15) is 5.69 Å². The molecule has 0 aliphatic carbocycles. The number of pyridine rings is 1. The van der Waals surface area contributed by atoms with E-state index in [9.17, 15) is 4.91 Å². The Hall–Kier alpha value is -2.03. The molecular weight excluding hydrogens is 176 g/mol. The number of nitrogens with zero attached hydrogens (tertiary/aromatic N) is 2. The third-order valence-electron chi connectivity index (χ3n) is 1.94. The first-order valence-electron chi connectivity index (χ1n) is 4.25. The number of aromatic nitrogens is 1. The van der Waals surface area contributed by atoms with Crippen molar-refractivity contribution in [3.8, 4) is 11.3 Å². The van der Waals surface area contributed by atoms with E-state index < -0.39 is 0 Å². The minimum Gasteiger partial charge on any atom is -0.256 e. The van der Waals surface area contributed by atoms with Crippen LogP contribution in [-0.2, 0) is 0 Å². The van der Waals surface area contributed by atoms with Crippen LogP contribution in [0, 0.1) is 4.91 Å². The summed E-state index contributed by atoms with van der Waals surface area (Å²) in [5.41, 5.74) is 1.96. The molecule has 2 aromatic rings. The normalized spacial score (nSPS) is 9.71. The summed E-state index contributed by atoms with van der Waals surface area (Å²) in [6, 6.07) is 12.7. The molecule has 0 bridgehead atoms. The third kappa shape index (κ3) is 1.52. The Morgan fingerprint density at radius 2 is 1.79 bits per heavy atom. The average Bonchev–Trinajstić information content (AvgIpc) is 2.30. The summed E-state index contributed by atoms with van der Waals surface area (Å²) in [7, 11) is 0. The highest BCUT2D eigenvalue weighted by Crippen LogP contribution is 2.27. The molecule has 0 aliphatic heterocycles. The first-order chi connectivity index (χ1) is 6.92. The van der Waals surface area contributed by atoms with Gasteiger partial charge < -0.3 is 0 Å². The highest BCUT2D eigenvalue weighted by Gasteiger charge is 2.04. The molecule has 0 saturated carbocycles. The molecule has 2 rings (SSSR count). The number of hydrogen-bond donors (Lipinski definition) is 0. The Morgan fingerprint density at radius 1 is 1.00 bits per heavy atom. The lowest BCUT2D eigenvalue weighted by molar-refractivity contribution is 1.32. The summed E-state index contributed by atoms with van der Waals surface area (Å²) in [6.07, 6.45) is 1.69. The zero-order chi connectivity index (χ0) is 9.80. The Bertz CT molecular complexity index is 440. The van der Waals surface area contributed by atoms with Gasteiger partial charge in [-0.2, -0.15) is 0 Å². The standard InChI is InChI=1S/C11H8N2O/c14-13-11-7-2-1-5-9(11)10-6-3-4-8-12-10/h1-8H. The molecular formula is C11H8N2O. The van der Waals surface area contributed by atoms with Crippen molar-refractivity contribution in [3.63, 3.8) is 0 Å². The topological polar surface area (TPSA) is 42.3 Å². The van der Waals surface area contributed by atoms with Gasteiger partial charge in [0.05, 0.1) is 5.69 Å². The lowest BCUT2D eigenvalue weighted by Gasteiger charge is -2.01. The quantitative estimate of drug-likeness (QED) is 0.673. The van der Waals surface area contributed by atoms with E-state index in [2.05, 4.69) is 10.2 Å². The van der Waals surface area contributed by atoms with Crippen LogP contribution in [0.25, 0.3) is 11.3 Å². The van der Waals surface area contributed by atoms with Gasteiger partial charge in [-0.25, -0.2) is 0 Å². The number of rotatable bonds is 2. The van der Waals surface area contributed by atoms with E-state index in [0.29, 0.717) is 5.69 Å². The lowest BCUT2D eigenvalue weighted by Crippen LogP contribution is -1.81. The monoisotopic (exact) mass is 184 g/mol. The van der Waals surface area contributed by atoms with Gasteiger partial charge in [-0.05, 0) is 23.4 Å². The summed E-state index contributed by atoms with van der Waals surface area (Å²) in [6.45, 7) is 0. The van der Waals surface area contributed by atoms with E-state index in [-0.39, 0.29) is 0 Å². The Balaban J connectivity index is 2.57. The molecule has 3 nitrogen and oxygen atoms in total. The highest BCUT2D eigenvalue weighted by atomic mass is 16.3. The molecule has 1 heterocycles. The van der Waals surface area contributed by atoms with Gasteiger partial charge in [0.15, 0.2) is 0 Å². The molecule has 68 valence electrons. The number of benzene rings is 1. The second kappa shape index (κ2) is 3.79. The molecule has 0 aliphatic rings. The fourth-order valence-corrected chi connectivity index (χ4v) is 1.29. The SMILES string of the molecule is O=Nc1ccccc1-c1ccccn1. The van der Waals surface area contributed by atoms with Gasteiger partial charge in [0, 0.05) is 11.8 Å². The Labute approximate surface area is 81.4 Å². The minimum absolute atomic E-state index is 0.422. The molecule has 0 atom stereocenters. The molecule has 0 fully saturated rings. The number of hydrogen-bond acceptors (Lipinski definition) is 3. The van der Waals surface area contributed by atoms with E-state index in [1.807, 2.05) is 30.3 Å². The van der Waals surface area contributed by atoms with Crippen LogP contribution in [0.5, 0.6) is 0 Å². The van der Waals surface area contributed by atoms with Gasteiger partial charge >= 0.3 is 0 Å². The van der Waals surface area contributed by atoms with Crippen LogP contribution in [-0.4, -0.2) is 4.98 Å². The number of nitroso groups, excluding NO2 is 1. The molecule has 0 N–H and O–H groups in total. The molecule has 14 heavy (non-hydrogen) atoms. The van der Waals surface area contributed by atoms with Gasteiger partial charge in [-0.3, -0.25) is 4.98 Å². The van der Waals surface area contributed by atoms with Crippen LogP contribution < -0.4 is 0 Å². The van der Waals surface area contributed by atoms with Crippen molar-refractivity contribution in [2.75, 3.05) is 0 Å². The Kier molecular flexibility index (Phi) is 2.32. The van der Waals surface area contributed by atoms with E-state index in [0.717, 1.165) is 11.3 Å². The second-order valence-electron chi connectivity index (χ2n) is 2.82. The van der Waals surface area contributed by atoms with E-state index in [1.165, 1.54) is 0 Å². The van der Waals surface area contributed by atoms with Crippen LogP contribution in [0.2, 0.25) is 0 Å². The Morgan fingerprint density at radius 3 is 2.50 bits per heavy atom. The van der Waals surface area contributed by atoms with Crippen molar-refractivity contribution < 1.29 is 0 Å². The maximum absolute atomic E-state index is 10.5. The van der Waals surface area contributed by atoms with E-state index in [1.54, 1.807) is 18.3 Å². The van der Waals surface area contributed by atoms with Crippen LogP contribution in [0.1, 0.15) is 0 Å². The highest BCUT2D eigenvalue weighted by molar-refractivity contribution is 5.72. The van der Waals surface area contributed by atoms with Crippen LogP contribution >= 0.6 is 0 Å².